The summed E-state index contributed by atoms with van der Waals surface area (Å²) in [7, 11) is 0. The Balaban J connectivity index is 1.69. The first-order valence-corrected chi connectivity index (χ1v) is 12.6. The zero-order chi connectivity index (χ0) is 24.8. The van der Waals surface area contributed by atoms with Gasteiger partial charge in [0, 0.05) is 18.9 Å². The summed E-state index contributed by atoms with van der Waals surface area (Å²) in [6.45, 7) is 4.83. The van der Waals surface area contributed by atoms with Crippen molar-refractivity contribution in [1.29, 1.82) is 0 Å². The van der Waals surface area contributed by atoms with E-state index < -0.39 is 5.54 Å². The standard InChI is InChI=1S/C30H32FN3O2/c1-2-3-16-34(23-33-17-15-32-22-33)30(25-7-5-4-6-8-25,26-10-12-27(31)13-11-26)21-24-9-14-28-29(20-24)36-19-18-35-28/h4-15,17,20,22H,2-3,16,18-19,21,23H2,1H3. The van der Waals surface area contributed by atoms with Crippen molar-refractivity contribution in [3.63, 3.8) is 0 Å². The van der Waals surface area contributed by atoms with Crippen molar-refractivity contribution < 1.29 is 13.9 Å². The molecule has 0 fully saturated rings. The first kappa shape index (κ1) is 24.1. The maximum absolute atomic E-state index is 14.1. The van der Waals surface area contributed by atoms with Gasteiger partial charge in [-0.2, -0.15) is 0 Å². The summed E-state index contributed by atoms with van der Waals surface area (Å²) in [6.07, 6.45) is 8.43. The molecule has 0 amide bonds. The van der Waals surface area contributed by atoms with Crippen molar-refractivity contribution >= 4 is 0 Å². The van der Waals surface area contributed by atoms with Gasteiger partial charge in [-0.1, -0.05) is 61.9 Å². The maximum Gasteiger partial charge on any atom is 0.161 e. The Morgan fingerprint density at radius 3 is 2.42 bits per heavy atom. The molecule has 1 aliphatic rings. The monoisotopic (exact) mass is 485 g/mol. The molecule has 2 heterocycles. The lowest BCUT2D eigenvalue weighted by Gasteiger charge is -2.46. The SMILES string of the molecule is CCCCN(Cn1ccnc1)C(Cc1ccc2c(c1)OCCO2)(c1ccccc1)c1ccc(F)cc1. The number of ether oxygens (including phenoxy) is 2. The molecular weight excluding hydrogens is 453 g/mol. The van der Waals surface area contributed by atoms with Gasteiger partial charge < -0.3 is 14.0 Å². The second-order valence-electron chi connectivity index (χ2n) is 9.22. The summed E-state index contributed by atoms with van der Waals surface area (Å²) in [5.41, 5.74) is 2.77. The summed E-state index contributed by atoms with van der Waals surface area (Å²) in [5.74, 6) is 1.31. The second-order valence-corrected chi connectivity index (χ2v) is 9.22. The van der Waals surface area contributed by atoms with Gasteiger partial charge in [-0.05, 0) is 53.8 Å². The molecule has 3 aromatic carbocycles. The van der Waals surface area contributed by atoms with Gasteiger partial charge in [0.1, 0.15) is 19.0 Å². The third-order valence-corrected chi connectivity index (χ3v) is 6.85. The topological polar surface area (TPSA) is 39.5 Å². The lowest BCUT2D eigenvalue weighted by atomic mass is 9.76. The Hall–Kier alpha value is -3.64. The maximum atomic E-state index is 14.1. The lowest BCUT2D eigenvalue weighted by molar-refractivity contribution is 0.0812. The highest BCUT2D eigenvalue weighted by molar-refractivity contribution is 5.47. The summed E-state index contributed by atoms with van der Waals surface area (Å²) in [4.78, 5) is 6.78. The van der Waals surface area contributed by atoms with Gasteiger partial charge in [-0.3, -0.25) is 4.90 Å². The molecule has 5 nitrogen and oxygen atoms in total. The normalized spacial score (nSPS) is 14.5. The molecule has 1 aromatic heterocycles. The predicted molar refractivity (Wildman–Crippen MR) is 139 cm³/mol. The van der Waals surface area contributed by atoms with E-state index in [0.29, 0.717) is 26.3 Å². The minimum absolute atomic E-state index is 0.241. The number of unbranched alkanes of at least 4 members (excludes halogenated alkanes) is 1. The number of rotatable bonds is 10. The van der Waals surface area contributed by atoms with Crippen LogP contribution >= 0.6 is 0 Å². The number of hydrogen-bond donors (Lipinski definition) is 0. The Labute approximate surface area is 212 Å². The van der Waals surface area contributed by atoms with Crippen molar-refractivity contribution in [2.24, 2.45) is 0 Å². The smallest absolute Gasteiger partial charge is 0.161 e. The van der Waals surface area contributed by atoms with Crippen LogP contribution in [0.4, 0.5) is 4.39 Å². The van der Waals surface area contributed by atoms with Crippen molar-refractivity contribution in [3.05, 3.63) is 114 Å². The molecule has 0 saturated carbocycles. The highest BCUT2D eigenvalue weighted by Gasteiger charge is 2.40. The van der Waals surface area contributed by atoms with Crippen LogP contribution in [0.3, 0.4) is 0 Å². The quantitative estimate of drug-likeness (QED) is 0.275. The molecule has 0 bridgehead atoms. The number of halogens is 1. The molecule has 186 valence electrons. The average Bonchev–Trinajstić information content (AvgIpc) is 3.44. The fraction of sp³-hybridized carbons (Fsp3) is 0.300. The Morgan fingerprint density at radius 2 is 1.69 bits per heavy atom. The van der Waals surface area contributed by atoms with Crippen LogP contribution in [0.1, 0.15) is 36.5 Å². The number of benzene rings is 3. The van der Waals surface area contributed by atoms with Gasteiger partial charge in [0.05, 0.1) is 18.5 Å². The van der Waals surface area contributed by atoms with Crippen LogP contribution in [0.15, 0.2) is 91.5 Å². The largest absolute Gasteiger partial charge is 0.486 e. The minimum atomic E-state index is -0.557. The number of fused-ring (bicyclic) bond motifs is 1. The summed E-state index contributed by atoms with van der Waals surface area (Å²) < 4.78 is 27.9. The Kier molecular flexibility index (Phi) is 7.33. The predicted octanol–water partition coefficient (Wildman–Crippen LogP) is 6.04. The zero-order valence-corrected chi connectivity index (χ0v) is 20.6. The van der Waals surface area contributed by atoms with Crippen LogP contribution in [0, 0.1) is 5.82 Å². The van der Waals surface area contributed by atoms with Crippen LogP contribution in [0.2, 0.25) is 0 Å². The first-order valence-electron chi connectivity index (χ1n) is 12.6. The average molecular weight is 486 g/mol. The van der Waals surface area contributed by atoms with E-state index in [2.05, 4.69) is 57.8 Å². The van der Waals surface area contributed by atoms with E-state index >= 15 is 0 Å². The summed E-state index contributed by atoms with van der Waals surface area (Å²) >= 11 is 0. The van der Waals surface area contributed by atoms with Gasteiger partial charge in [-0.15, -0.1) is 0 Å². The molecule has 0 N–H and O–H groups in total. The fourth-order valence-electron chi connectivity index (χ4n) is 5.08. The minimum Gasteiger partial charge on any atom is -0.486 e. The van der Waals surface area contributed by atoms with E-state index in [-0.39, 0.29) is 5.82 Å². The van der Waals surface area contributed by atoms with Crippen molar-refractivity contribution in [1.82, 2.24) is 14.5 Å². The fourth-order valence-corrected chi connectivity index (χ4v) is 5.08. The third kappa shape index (κ3) is 5.00. The van der Waals surface area contributed by atoms with E-state index in [0.717, 1.165) is 47.6 Å². The van der Waals surface area contributed by atoms with Crippen LogP contribution in [0.5, 0.6) is 11.5 Å². The van der Waals surface area contributed by atoms with Gasteiger partial charge in [0.15, 0.2) is 11.5 Å². The van der Waals surface area contributed by atoms with Crippen molar-refractivity contribution in [2.75, 3.05) is 19.8 Å². The number of nitrogens with zero attached hydrogens (tertiary/aromatic N) is 3. The van der Waals surface area contributed by atoms with E-state index in [9.17, 15) is 4.39 Å². The van der Waals surface area contributed by atoms with E-state index in [1.165, 1.54) is 0 Å². The highest BCUT2D eigenvalue weighted by atomic mass is 19.1. The van der Waals surface area contributed by atoms with E-state index in [4.69, 9.17) is 9.47 Å². The molecule has 5 rings (SSSR count). The molecular formula is C30H32FN3O2. The molecule has 0 saturated heterocycles. The number of imidazole rings is 1. The van der Waals surface area contributed by atoms with Gasteiger partial charge >= 0.3 is 0 Å². The van der Waals surface area contributed by atoms with Crippen LogP contribution in [-0.2, 0) is 18.6 Å². The van der Waals surface area contributed by atoms with Gasteiger partial charge in [0.25, 0.3) is 0 Å². The molecule has 0 radical (unpaired) electrons. The molecule has 1 unspecified atom stereocenters. The van der Waals surface area contributed by atoms with Crippen LogP contribution in [0.25, 0.3) is 0 Å². The zero-order valence-electron chi connectivity index (χ0n) is 20.6. The Morgan fingerprint density at radius 1 is 0.944 bits per heavy atom. The summed E-state index contributed by atoms with van der Waals surface area (Å²) in [6, 6.07) is 23.7. The second kappa shape index (κ2) is 11.0. The molecule has 1 aliphatic heterocycles. The van der Waals surface area contributed by atoms with E-state index in [1.54, 1.807) is 18.3 Å². The van der Waals surface area contributed by atoms with Crippen molar-refractivity contribution in [2.45, 2.75) is 38.4 Å². The van der Waals surface area contributed by atoms with Gasteiger partial charge in [-0.25, -0.2) is 9.37 Å². The molecule has 1 atom stereocenters. The molecule has 0 spiro atoms. The van der Waals surface area contributed by atoms with Crippen LogP contribution < -0.4 is 9.47 Å². The van der Waals surface area contributed by atoms with E-state index in [1.807, 2.05) is 36.8 Å². The Bertz CT molecular complexity index is 1250. The van der Waals surface area contributed by atoms with Crippen molar-refractivity contribution in [3.8, 4) is 11.5 Å². The number of hydrogen-bond acceptors (Lipinski definition) is 4. The molecule has 36 heavy (non-hydrogen) atoms. The molecule has 6 heteroatoms. The first-order chi connectivity index (χ1) is 17.7. The molecule has 4 aromatic rings. The number of aromatic nitrogens is 2. The highest BCUT2D eigenvalue weighted by Crippen LogP contribution is 2.42. The third-order valence-electron chi connectivity index (χ3n) is 6.85. The summed E-state index contributed by atoms with van der Waals surface area (Å²) in [5, 5.41) is 0. The van der Waals surface area contributed by atoms with Gasteiger partial charge in [0.2, 0.25) is 0 Å². The lowest BCUT2D eigenvalue weighted by Crippen LogP contribution is -2.50. The molecule has 0 aliphatic carbocycles. The van der Waals surface area contributed by atoms with Crippen LogP contribution in [-0.4, -0.2) is 34.2 Å².